The third-order valence-electron chi connectivity index (χ3n) is 4.05. The molecule has 0 spiro atoms. The number of benzene rings is 1. The highest BCUT2D eigenvalue weighted by Crippen LogP contribution is 2.29. The highest BCUT2D eigenvalue weighted by Gasteiger charge is 2.20. The third kappa shape index (κ3) is 4.61. The molecular formula is C16H26N4O3S. The fourth-order valence-electron chi connectivity index (χ4n) is 2.83. The van der Waals surface area contributed by atoms with Crippen molar-refractivity contribution in [3.63, 3.8) is 0 Å². The van der Waals surface area contributed by atoms with E-state index in [4.69, 9.17) is 0 Å². The fraction of sp³-hybridized carbons (Fsp3) is 0.562. The molecule has 134 valence electrons. The molecule has 24 heavy (non-hydrogen) atoms. The van der Waals surface area contributed by atoms with E-state index in [1.54, 1.807) is 17.0 Å². The number of anilines is 2. The average molecular weight is 354 g/mol. The standard InChI is InChI=1S/C16H26N4O3S/c1-4-19(5-2)16(21)13-6-7-15(20-10-8-17-9-11-20)14(12-13)18-24(3,22)23/h6-7,12,17-18H,4-5,8-11H2,1-3H3. The molecule has 8 heteroatoms. The molecule has 1 amide bonds. The van der Waals surface area contributed by atoms with Gasteiger partial charge in [0.1, 0.15) is 0 Å². The van der Waals surface area contributed by atoms with E-state index >= 15 is 0 Å². The molecule has 1 aliphatic heterocycles. The number of carbonyl (C=O) groups is 1. The lowest BCUT2D eigenvalue weighted by molar-refractivity contribution is 0.0773. The second kappa shape index (κ2) is 7.85. The number of nitrogens with zero attached hydrogens (tertiary/aromatic N) is 2. The number of carbonyl (C=O) groups excluding carboxylic acids is 1. The summed E-state index contributed by atoms with van der Waals surface area (Å²) in [7, 11) is -3.43. The molecule has 0 aliphatic carbocycles. The first-order chi connectivity index (χ1) is 11.4. The zero-order valence-corrected chi connectivity index (χ0v) is 15.3. The van der Waals surface area contributed by atoms with Crippen molar-refractivity contribution >= 4 is 27.3 Å². The van der Waals surface area contributed by atoms with Gasteiger partial charge in [0.15, 0.2) is 0 Å². The van der Waals surface area contributed by atoms with Crippen molar-refractivity contribution in [2.45, 2.75) is 13.8 Å². The minimum absolute atomic E-state index is 0.0941. The summed E-state index contributed by atoms with van der Waals surface area (Å²) in [5.74, 6) is -0.0941. The van der Waals surface area contributed by atoms with Crippen LogP contribution in [0.2, 0.25) is 0 Å². The molecule has 1 saturated heterocycles. The van der Waals surface area contributed by atoms with E-state index in [0.717, 1.165) is 38.1 Å². The lowest BCUT2D eigenvalue weighted by Gasteiger charge is -2.31. The highest BCUT2D eigenvalue weighted by molar-refractivity contribution is 7.92. The van der Waals surface area contributed by atoms with E-state index in [-0.39, 0.29) is 5.91 Å². The molecule has 2 N–H and O–H groups in total. The number of rotatable bonds is 6. The first-order valence-corrected chi connectivity index (χ1v) is 10.1. The Morgan fingerprint density at radius 1 is 1.25 bits per heavy atom. The zero-order valence-electron chi connectivity index (χ0n) is 14.5. The van der Waals surface area contributed by atoms with Crippen molar-refractivity contribution in [2.24, 2.45) is 0 Å². The second-order valence-corrected chi connectivity index (χ2v) is 7.57. The predicted molar refractivity (Wildman–Crippen MR) is 97.2 cm³/mol. The van der Waals surface area contributed by atoms with Gasteiger partial charge in [-0.3, -0.25) is 9.52 Å². The summed E-state index contributed by atoms with van der Waals surface area (Å²) < 4.78 is 26.0. The van der Waals surface area contributed by atoms with Crippen LogP contribution in [-0.2, 0) is 10.0 Å². The van der Waals surface area contributed by atoms with E-state index in [0.29, 0.717) is 24.3 Å². The SMILES string of the molecule is CCN(CC)C(=O)c1ccc(N2CCNCC2)c(NS(C)(=O)=O)c1. The summed E-state index contributed by atoms with van der Waals surface area (Å²) in [5.41, 5.74) is 1.75. The molecule has 2 rings (SSSR count). The van der Waals surface area contributed by atoms with Gasteiger partial charge in [-0.25, -0.2) is 8.42 Å². The van der Waals surface area contributed by atoms with Crippen LogP contribution in [0.15, 0.2) is 18.2 Å². The predicted octanol–water partition coefficient (Wildman–Crippen LogP) is 0.950. The van der Waals surface area contributed by atoms with Crippen LogP contribution in [0.1, 0.15) is 24.2 Å². The lowest BCUT2D eigenvalue weighted by Crippen LogP contribution is -2.43. The number of nitrogens with one attached hydrogen (secondary N) is 2. The highest BCUT2D eigenvalue weighted by atomic mass is 32.2. The van der Waals surface area contributed by atoms with E-state index in [1.165, 1.54) is 0 Å². The maximum atomic E-state index is 12.5. The van der Waals surface area contributed by atoms with Crippen molar-refractivity contribution in [1.82, 2.24) is 10.2 Å². The smallest absolute Gasteiger partial charge is 0.253 e. The summed E-state index contributed by atoms with van der Waals surface area (Å²) >= 11 is 0. The zero-order chi connectivity index (χ0) is 17.7. The minimum atomic E-state index is -3.43. The molecule has 0 bridgehead atoms. The third-order valence-corrected chi connectivity index (χ3v) is 4.64. The Hall–Kier alpha value is -1.80. The number of hydrogen-bond donors (Lipinski definition) is 2. The molecular weight excluding hydrogens is 328 g/mol. The summed E-state index contributed by atoms with van der Waals surface area (Å²) in [6, 6.07) is 5.24. The Kier molecular flexibility index (Phi) is 6.06. The van der Waals surface area contributed by atoms with Gasteiger partial charge in [-0.15, -0.1) is 0 Å². The van der Waals surface area contributed by atoms with Crippen LogP contribution < -0.4 is 14.9 Å². The molecule has 0 unspecified atom stereocenters. The van der Waals surface area contributed by atoms with Gasteiger partial charge in [-0.1, -0.05) is 0 Å². The van der Waals surface area contributed by atoms with Crippen LogP contribution in [-0.4, -0.2) is 64.7 Å². The van der Waals surface area contributed by atoms with Crippen molar-refractivity contribution in [3.05, 3.63) is 23.8 Å². The lowest BCUT2D eigenvalue weighted by atomic mass is 10.1. The largest absolute Gasteiger partial charge is 0.367 e. The monoisotopic (exact) mass is 354 g/mol. The van der Waals surface area contributed by atoms with Crippen molar-refractivity contribution in [3.8, 4) is 0 Å². The molecule has 0 atom stereocenters. The van der Waals surface area contributed by atoms with Gasteiger partial charge in [0.25, 0.3) is 5.91 Å². The van der Waals surface area contributed by atoms with Crippen LogP contribution in [0.5, 0.6) is 0 Å². The molecule has 0 aromatic heterocycles. The van der Waals surface area contributed by atoms with E-state index < -0.39 is 10.0 Å². The van der Waals surface area contributed by atoms with Gasteiger partial charge < -0.3 is 15.1 Å². The van der Waals surface area contributed by atoms with E-state index in [2.05, 4.69) is 14.9 Å². The Labute approximate surface area is 144 Å². The number of sulfonamides is 1. The van der Waals surface area contributed by atoms with Gasteiger partial charge >= 0.3 is 0 Å². The number of piperazine rings is 1. The van der Waals surface area contributed by atoms with Gasteiger partial charge in [0.05, 0.1) is 17.6 Å². The summed E-state index contributed by atoms with van der Waals surface area (Å²) in [5, 5.41) is 3.27. The van der Waals surface area contributed by atoms with Crippen LogP contribution in [0.4, 0.5) is 11.4 Å². The molecule has 0 saturated carbocycles. The maximum Gasteiger partial charge on any atom is 0.253 e. The van der Waals surface area contributed by atoms with Crippen LogP contribution in [0.3, 0.4) is 0 Å². The van der Waals surface area contributed by atoms with Gasteiger partial charge in [0, 0.05) is 44.8 Å². The summed E-state index contributed by atoms with van der Waals surface area (Å²) in [6.07, 6.45) is 1.12. The first-order valence-electron chi connectivity index (χ1n) is 8.22. The molecule has 7 nitrogen and oxygen atoms in total. The molecule has 1 aromatic rings. The van der Waals surface area contributed by atoms with Gasteiger partial charge in [-0.2, -0.15) is 0 Å². The van der Waals surface area contributed by atoms with Crippen LogP contribution in [0.25, 0.3) is 0 Å². The fourth-order valence-corrected chi connectivity index (χ4v) is 3.39. The number of hydrogen-bond acceptors (Lipinski definition) is 5. The Morgan fingerprint density at radius 3 is 2.42 bits per heavy atom. The average Bonchev–Trinajstić information content (AvgIpc) is 2.55. The molecule has 1 fully saturated rings. The van der Waals surface area contributed by atoms with Crippen LogP contribution >= 0.6 is 0 Å². The Morgan fingerprint density at radius 2 is 1.88 bits per heavy atom. The quantitative estimate of drug-likeness (QED) is 0.795. The Balaban J connectivity index is 2.39. The van der Waals surface area contributed by atoms with Crippen molar-refractivity contribution < 1.29 is 13.2 Å². The van der Waals surface area contributed by atoms with E-state index in [1.807, 2.05) is 19.9 Å². The topological polar surface area (TPSA) is 81.8 Å². The van der Waals surface area contributed by atoms with Crippen LogP contribution in [0, 0.1) is 0 Å². The van der Waals surface area contributed by atoms with E-state index in [9.17, 15) is 13.2 Å². The molecule has 0 radical (unpaired) electrons. The maximum absolute atomic E-state index is 12.5. The van der Waals surface area contributed by atoms with Crippen molar-refractivity contribution in [2.75, 3.05) is 55.1 Å². The molecule has 1 heterocycles. The number of amides is 1. The van der Waals surface area contributed by atoms with Gasteiger partial charge in [-0.05, 0) is 32.0 Å². The first kappa shape index (κ1) is 18.5. The molecule has 1 aliphatic rings. The normalized spacial score (nSPS) is 15.2. The van der Waals surface area contributed by atoms with Crippen molar-refractivity contribution in [1.29, 1.82) is 0 Å². The minimum Gasteiger partial charge on any atom is -0.367 e. The second-order valence-electron chi connectivity index (χ2n) is 5.82. The van der Waals surface area contributed by atoms with Gasteiger partial charge in [0.2, 0.25) is 10.0 Å². The Bertz CT molecular complexity index is 681. The molecule has 1 aromatic carbocycles. The summed E-state index contributed by atoms with van der Waals surface area (Å²) in [4.78, 5) is 16.4. The summed E-state index contributed by atoms with van der Waals surface area (Å²) in [6.45, 7) is 8.35.